The number of hydrogen-bond donors (Lipinski definition) is 0. The quantitative estimate of drug-likeness (QED) is 0.115. The number of para-hydroxylation sites is 6. The van der Waals surface area contributed by atoms with Crippen molar-refractivity contribution in [3.63, 3.8) is 0 Å². The molecule has 0 atom stereocenters. The normalized spacial score (nSPS) is 10.8. The zero-order valence-corrected chi connectivity index (χ0v) is 37.1. The molecule has 10 rings (SSSR count). The van der Waals surface area contributed by atoms with Crippen molar-refractivity contribution in [2.75, 3.05) is 14.7 Å². The van der Waals surface area contributed by atoms with Gasteiger partial charge in [-0.3, -0.25) is 0 Å². The Kier molecular flexibility index (Phi) is 12.0. The summed E-state index contributed by atoms with van der Waals surface area (Å²) in [6, 6.07) is 93.6. The molecule has 0 saturated carbocycles. The highest BCUT2D eigenvalue weighted by atomic mass is 79.9. The van der Waals surface area contributed by atoms with E-state index in [0.29, 0.717) is 5.75 Å². The standard InChI is InChI=1S/C60H44BrN3O/c61-47-39-52(44-57(40-47)65-56-35-20-7-21-36-56)64(60-58(45-23-8-1-9-24-45)37-22-38-59(60)46-25-10-2-11-26-46)55-42-53(62(48-27-12-3-13-28-48)49-29-14-4-15-30-49)41-54(43-55)63(50-31-16-5-17-32-50)51-33-18-6-19-34-51/h1-44H. The van der Waals surface area contributed by atoms with Gasteiger partial charge in [0.15, 0.2) is 0 Å². The molecule has 10 aromatic rings. The Bertz CT molecular complexity index is 2880. The van der Waals surface area contributed by atoms with Crippen LogP contribution in [-0.2, 0) is 0 Å². The maximum absolute atomic E-state index is 6.63. The first-order valence-corrected chi connectivity index (χ1v) is 22.5. The number of halogens is 1. The second kappa shape index (κ2) is 19.1. The fourth-order valence-corrected chi connectivity index (χ4v) is 8.88. The van der Waals surface area contributed by atoms with Crippen LogP contribution in [0.2, 0.25) is 0 Å². The molecule has 0 saturated heterocycles. The summed E-state index contributed by atoms with van der Waals surface area (Å²) in [6.45, 7) is 0. The van der Waals surface area contributed by atoms with Crippen molar-refractivity contribution in [1.82, 2.24) is 0 Å². The molecular formula is C60H44BrN3O. The number of rotatable bonds is 13. The highest BCUT2D eigenvalue weighted by Crippen LogP contribution is 2.51. The first-order valence-electron chi connectivity index (χ1n) is 21.7. The van der Waals surface area contributed by atoms with Gasteiger partial charge in [-0.1, -0.05) is 186 Å². The maximum atomic E-state index is 6.63. The van der Waals surface area contributed by atoms with Gasteiger partial charge in [0.2, 0.25) is 0 Å². The van der Waals surface area contributed by atoms with Gasteiger partial charge in [-0.05, 0) is 102 Å². The van der Waals surface area contributed by atoms with Gasteiger partial charge in [0, 0.05) is 44.4 Å². The van der Waals surface area contributed by atoms with Crippen LogP contribution in [0.25, 0.3) is 22.3 Å². The Morgan fingerprint density at radius 2 is 0.600 bits per heavy atom. The second-order valence-electron chi connectivity index (χ2n) is 15.6. The number of hydrogen-bond acceptors (Lipinski definition) is 4. The summed E-state index contributed by atoms with van der Waals surface area (Å²) >= 11 is 3.94. The van der Waals surface area contributed by atoms with Crippen LogP contribution >= 0.6 is 15.9 Å². The van der Waals surface area contributed by atoms with Crippen molar-refractivity contribution < 1.29 is 4.74 Å². The van der Waals surface area contributed by atoms with Gasteiger partial charge >= 0.3 is 0 Å². The van der Waals surface area contributed by atoms with Crippen LogP contribution in [0, 0.1) is 0 Å². The lowest BCUT2D eigenvalue weighted by Gasteiger charge is -2.34. The number of nitrogens with zero attached hydrogens (tertiary/aromatic N) is 3. The van der Waals surface area contributed by atoms with Crippen molar-refractivity contribution in [2.45, 2.75) is 0 Å². The fraction of sp³-hybridized carbons (Fsp3) is 0. The van der Waals surface area contributed by atoms with E-state index in [0.717, 1.165) is 83.7 Å². The van der Waals surface area contributed by atoms with Crippen molar-refractivity contribution in [3.05, 3.63) is 271 Å². The predicted molar refractivity (Wildman–Crippen MR) is 276 cm³/mol. The summed E-state index contributed by atoms with van der Waals surface area (Å²) in [5.41, 5.74) is 13.3. The molecule has 0 radical (unpaired) electrons. The third-order valence-electron chi connectivity index (χ3n) is 11.2. The minimum absolute atomic E-state index is 0.700. The van der Waals surface area contributed by atoms with Crippen LogP contribution in [0.1, 0.15) is 0 Å². The van der Waals surface area contributed by atoms with Crippen LogP contribution in [0.15, 0.2) is 271 Å². The smallest absolute Gasteiger partial charge is 0.130 e. The second-order valence-corrected chi connectivity index (χ2v) is 16.5. The fourth-order valence-electron chi connectivity index (χ4n) is 8.42. The molecule has 0 aliphatic carbocycles. The lowest BCUT2D eigenvalue weighted by molar-refractivity contribution is 0.482. The number of ether oxygens (including phenoxy) is 1. The Morgan fingerprint density at radius 3 is 1.00 bits per heavy atom. The Balaban J connectivity index is 1.32. The highest BCUT2D eigenvalue weighted by Gasteiger charge is 2.26. The van der Waals surface area contributed by atoms with E-state index >= 15 is 0 Å². The average molecular weight is 903 g/mol. The SMILES string of the molecule is Brc1cc(Oc2ccccc2)cc(N(c2cc(N(c3ccccc3)c3ccccc3)cc(N(c3ccccc3)c3ccccc3)c2)c2c(-c3ccccc3)cccc2-c2ccccc2)c1. The van der Waals surface area contributed by atoms with Gasteiger partial charge in [-0.25, -0.2) is 0 Å². The highest BCUT2D eigenvalue weighted by molar-refractivity contribution is 9.10. The van der Waals surface area contributed by atoms with E-state index in [1.807, 2.05) is 36.4 Å². The molecule has 0 bridgehead atoms. The largest absolute Gasteiger partial charge is 0.457 e. The Morgan fingerprint density at radius 1 is 0.262 bits per heavy atom. The molecule has 0 N–H and O–H groups in total. The molecule has 0 aromatic heterocycles. The van der Waals surface area contributed by atoms with Gasteiger partial charge in [0.1, 0.15) is 11.5 Å². The summed E-state index contributed by atoms with van der Waals surface area (Å²) in [7, 11) is 0. The van der Waals surface area contributed by atoms with E-state index in [1.54, 1.807) is 0 Å². The Hall–Kier alpha value is -8.12. The van der Waals surface area contributed by atoms with Gasteiger partial charge in [-0.2, -0.15) is 0 Å². The molecule has 0 amide bonds. The van der Waals surface area contributed by atoms with Gasteiger partial charge in [0.25, 0.3) is 0 Å². The minimum atomic E-state index is 0.700. The summed E-state index contributed by atoms with van der Waals surface area (Å²) in [5.74, 6) is 1.45. The molecule has 5 heteroatoms. The van der Waals surface area contributed by atoms with Gasteiger partial charge in [-0.15, -0.1) is 0 Å². The summed E-state index contributed by atoms with van der Waals surface area (Å²) < 4.78 is 7.51. The molecule has 65 heavy (non-hydrogen) atoms. The van der Waals surface area contributed by atoms with E-state index in [1.165, 1.54) is 0 Å². The van der Waals surface area contributed by atoms with E-state index < -0.39 is 0 Å². The molecule has 0 aliphatic heterocycles. The molecule has 4 nitrogen and oxygen atoms in total. The Labute approximate surface area is 389 Å². The molecule has 0 fully saturated rings. The van der Waals surface area contributed by atoms with Crippen LogP contribution in [0.3, 0.4) is 0 Å². The molecule has 10 aromatic carbocycles. The maximum Gasteiger partial charge on any atom is 0.130 e. The molecular weight excluding hydrogens is 859 g/mol. The van der Waals surface area contributed by atoms with Gasteiger partial charge < -0.3 is 19.4 Å². The van der Waals surface area contributed by atoms with E-state index in [9.17, 15) is 0 Å². The van der Waals surface area contributed by atoms with Gasteiger partial charge in [0.05, 0.1) is 28.4 Å². The molecule has 0 heterocycles. The molecule has 0 aliphatic rings. The third kappa shape index (κ3) is 9.05. The van der Waals surface area contributed by atoms with Crippen molar-refractivity contribution >= 4 is 67.1 Å². The predicted octanol–water partition coefficient (Wildman–Crippen LogP) is 18.0. The summed E-state index contributed by atoms with van der Waals surface area (Å²) in [4.78, 5) is 7.08. The van der Waals surface area contributed by atoms with Crippen molar-refractivity contribution in [2.24, 2.45) is 0 Å². The molecule has 312 valence electrons. The third-order valence-corrected chi connectivity index (χ3v) is 11.7. The molecule has 0 unspecified atom stereocenters. The van der Waals surface area contributed by atoms with E-state index in [-0.39, 0.29) is 0 Å². The lowest BCUT2D eigenvalue weighted by Crippen LogP contribution is -2.17. The van der Waals surface area contributed by atoms with Crippen LogP contribution < -0.4 is 19.4 Å². The zero-order valence-electron chi connectivity index (χ0n) is 35.5. The zero-order chi connectivity index (χ0) is 43.8. The van der Waals surface area contributed by atoms with Crippen LogP contribution in [0.4, 0.5) is 51.2 Å². The number of anilines is 9. The van der Waals surface area contributed by atoms with E-state index in [4.69, 9.17) is 4.74 Å². The first kappa shape index (κ1) is 40.9. The summed E-state index contributed by atoms with van der Waals surface area (Å²) in [6.07, 6.45) is 0. The van der Waals surface area contributed by atoms with Crippen LogP contribution in [0.5, 0.6) is 11.5 Å². The van der Waals surface area contributed by atoms with Crippen LogP contribution in [-0.4, -0.2) is 0 Å². The minimum Gasteiger partial charge on any atom is -0.457 e. The number of benzene rings is 10. The molecule has 0 spiro atoms. The first-order chi connectivity index (χ1) is 32.2. The van der Waals surface area contributed by atoms with Crippen molar-refractivity contribution in [1.29, 1.82) is 0 Å². The monoisotopic (exact) mass is 901 g/mol. The van der Waals surface area contributed by atoms with E-state index in [2.05, 4.69) is 261 Å². The van der Waals surface area contributed by atoms with Crippen molar-refractivity contribution in [3.8, 4) is 33.8 Å². The summed E-state index contributed by atoms with van der Waals surface area (Å²) in [5, 5.41) is 0. The topological polar surface area (TPSA) is 19.0 Å². The average Bonchev–Trinajstić information content (AvgIpc) is 3.36. The lowest BCUT2D eigenvalue weighted by atomic mass is 9.94.